The van der Waals surface area contributed by atoms with E-state index in [0.717, 1.165) is 0 Å². The van der Waals surface area contributed by atoms with E-state index in [0.29, 0.717) is 15.9 Å². The maximum atomic E-state index is 10.8. The lowest BCUT2D eigenvalue weighted by Crippen LogP contribution is -2.41. The average molecular weight is 456 g/mol. The van der Waals surface area contributed by atoms with Crippen molar-refractivity contribution in [3.63, 3.8) is 0 Å². The van der Waals surface area contributed by atoms with Crippen molar-refractivity contribution in [2.45, 2.75) is 31.0 Å². The van der Waals surface area contributed by atoms with Gasteiger partial charge in [-0.3, -0.25) is 4.57 Å². The molecule has 0 amide bonds. The summed E-state index contributed by atoms with van der Waals surface area (Å²) < 4.78 is 24.4. The Labute approximate surface area is 163 Å². The molecule has 2 saturated heterocycles. The van der Waals surface area contributed by atoms with Crippen molar-refractivity contribution < 1.29 is 23.4 Å². The van der Waals surface area contributed by atoms with Crippen LogP contribution in [0.15, 0.2) is 11.1 Å². The highest BCUT2D eigenvalue weighted by Gasteiger charge is 2.58. The van der Waals surface area contributed by atoms with Crippen LogP contribution in [0.2, 0.25) is 0 Å². The van der Waals surface area contributed by atoms with Gasteiger partial charge in [0, 0.05) is 0 Å². The van der Waals surface area contributed by atoms with Crippen LogP contribution >= 0.6 is 23.8 Å². The van der Waals surface area contributed by atoms with Crippen molar-refractivity contribution in [3.8, 4) is 6.07 Å². The number of aliphatic hydroxyl groups is 1. The normalized spacial score (nSPS) is 33.1. The van der Waals surface area contributed by atoms with Gasteiger partial charge in [0.25, 0.3) is 0 Å². The van der Waals surface area contributed by atoms with Gasteiger partial charge in [0.15, 0.2) is 34.0 Å². The fourth-order valence-corrected chi connectivity index (χ4v) is 5.03. The highest BCUT2D eigenvalue weighted by molar-refractivity contribution is 9.10. The maximum Gasteiger partial charge on any atom is 0.488 e. The van der Waals surface area contributed by atoms with E-state index >= 15 is 0 Å². The second kappa shape index (κ2) is 7.22. The summed E-state index contributed by atoms with van der Waals surface area (Å²) >= 11 is 3.34. The number of rotatable bonds is 4. The van der Waals surface area contributed by atoms with E-state index in [2.05, 4.69) is 30.9 Å². The molecular formula is C13H14BBrN6O5P+. The largest absolute Gasteiger partial charge is 0.488 e. The molecule has 0 saturated carbocycles. The summed E-state index contributed by atoms with van der Waals surface area (Å²) in [4.78, 5) is 12.4. The molecule has 2 aromatic rings. The summed E-state index contributed by atoms with van der Waals surface area (Å²) in [5.74, 6) is 0.210. The van der Waals surface area contributed by atoms with E-state index in [1.807, 2.05) is 6.07 Å². The molecule has 2 aromatic heterocycles. The van der Waals surface area contributed by atoms with Crippen LogP contribution in [0.4, 0.5) is 5.82 Å². The molecule has 11 nitrogen and oxygen atoms in total. The number of nitrogens with two attached hydrogens (primary N) is 1. The second-order valence-electron chi connectivity index (χ2n) is 5.88. The Bertz CT molecular complexity index is 913. The Kier molecular flexibility index (Phi) is 5.07. The number of nitrogen functional groups attached to an aromatic ring is 1. The van der Waals surface area contributed by atoms with Crippen LogP contribution < -0.4 is 5.73 Å². The molecule has 140 valence electrons. The predicted octanol–water partition coefficient (Wildman–Crippen LogP) is 0.621. The number of nitriles is 1. The molecule has 3 N–H and O–H groups in total. The van der Waals surface area contributed by atoms with Gasteiger partial charge in [-0.2, -0.15) is 18.8 Å². The first-order chi connectivity index (χ1) is 12.9. The Morgan fingerprint density at radius 1 is 1.56 bits per heavy atom. The van der Waals surface area contributed by atoms with Crippen LogP contribution in [-0.2, 0) is 18.3 Å². The van der Waals surface area contributed by atoms with Gasteiger partial charge in [-0.15, -0.1) is 0 Å². The molecular weight excluding hydrogens is 442 g/mol. The SMILES string of the molecule is [B][P+]1(OCCC#N)OC[C@H]2O[C@@H](n3c(Br)nc4c(N)ncnc43)[C@@H](O)[C@H]2O1. The van der Waals surface area contributed by atoms with E-state index in [-0.39, 0.29) is 25.5 Å². The number of fused-ring (bicyclic) bond motifs is 2. The molecule has 0 bridgehead atoms. The minimum atomic E-state index is -3.14. The standard InChI is InChI=1S/C13H14BBrN6O5P/c14-27(23-3-1-2-16)24-4-6-9(26-27)8(22)12(25-6)21-11-7(20-13(21)15)10(17)18-5-19-11/h5-6,8-9,12,22H,1,3-4H2,(H2,17,18,19)/q+1/t6-,8+,9+,12-,27?/m1/s1. The van der Waals surface area contributed by atoms with Gasteiger partial charge in [-0.25, -0.2) is 15.0 Å². The van der Waals surface area contributed by atoms with Crippen LogP contribution in [0.1, 0.15) is 12.6 Å². The first-order valence-corrected chi connectivity index (χ1v) is 10.3. The van der Waals surface area contributed by atoms with Gasteiger partial charge < -0.3 is 15.6 Å². The predicted molar refractivity (Wildman–Crippen MR) is 97.0 cm³/mol. The van der Waals surface area contributed by atoms with Crippen molar-refractivity contribution in [2.75, 3.05) is 18.9 Å². The number of hydrogen-bond donors (Lipinski definition) is 2. The summed E-state index contributed by atoms with van der Waals surface area (Å²) in [7, 11) is 2.88. The van der Waals surface area contributed by atoms with E-state index < -0.39 is 32.4 Å². The topological polar surface area (TPSA) is 151 Å². The molecule has 27 heavy (non-hydrogen) atoms. The highest BCUT2D eigenvalue weighted by atomic mass is 79.9. The van der Waals surface area contributed by atoms with E-state index in [9.17, 15) is 5.11 Å². The van der Waals surface area contributed by atoms with E-state index in [1.165, 1.54) is 6.33 Å². The van der Waals surface area contributed by atoms with Crippen molar-refractivity contribution in [3.05, 3.63) is 11.1 Å². The first kappa shape index (κ1) is 19.0. The van der Waals surface area contributed by atoms with Crippen LogP contribution in [0.25, 0.3) is 11.2 Å². The molecule has 1 unspecified atom stereocenters. The zero-order valence-electron chi connectivity index (χ0n) is 13.8. The third-order valence-corrected chi connectivity index (χ3v) is 6.35. The van der Waals surface area contributed by atoms with E-state index in [1.54, 1.807) is 4.57 Å². The molecule has 0 aromatic carbocycles. The van der Waals surface area contributed by atoms with Gasteiger partial charge in [-0.05, 0) is 15.9 Å². The lowest BCUT2D eigenvalue weighted by Gasteiger charge is -2.30. The number of aromatic nitrogens is 4. The zero-order valence-corrected chi connectivity index (χ0v) is 16.3. The molecule has 2 aliphatic rings. The fraction of sp³-hybridized carbons (Fsp3) is 0.538. The molecule has 14 heteroatoms. The van der Waals surface area contributed by atoms with Crippen molar-refractivity contribution >= 4 is 48.3 Å². The lowest BCUT2D eigenvalue weighted by molar-refractivity contribution is -0.0636. The summed E-state index contributed by atoms with van der Waals surface area (Å²) in [6.07, 6.45) is -1.83. The molecule has 0 aliphatic carbocycles. The summed E-state index contributed by atoms with van der Waals surface area (Å²) in [5.41, 5.74) is 6.62. The number of anilines is 1. The first-order valence-electron chi connectivity index (χ1n) is 7.93. The molecule has 2 aliphatic heterocycles. The van der Waals surface area contributed by atoms with Gasteiger partial charge in [0.05, 0.1) is 12.5 Å². The maximum absolute atomic E-state index is 10.8. The Balaban J connectivity index is 1.59. The molecule has 4 heterocycles. The van der Waals surface area contributed by atoms with E-state index in [4.69, 9.17) is 36.9 Å². The highest BCUT2D eigenvalue weighted by Crippen LogP contribution is 2.63. The molecule has 2 radical (unpaired) electrons. The average Bonchev–Trinajstić information content (AvgIpc) is 3.13. The van der Waals surface area contributed by atoms with Crippen molar-refractivity contribution in [1.82, 2.24) is 19.5 Å². The van der Waals surface area contributed by atoms with Crippen LogP contribution in [0.5, 0.6) is 0 Å². The summed E-state index contributed by atoms with van der Waals surface area (Å²) in [6.45, 7) is 0.156. The molecule has 5 atom stereocenters. The minimum Gasteiger partial charge on any atom is -0.385 e. The zero-order chi connectivity index (χ0) is 19.2. The van der Waals surface area contributed by atoms with Gasteiger partial charge in [0.2, 0.25) is 0 Å². The molecule has 2 fully saturated rings. The van der Waals surface area contributed by atoms with Gasteiger partial charge >= 0.3 is 15.4 Å². The van der Waals surface area contributed by atoms with Crippen LogP contribution in [0, 0.1) is 11.3 Å². The summed E-state index contributed by atoms with van der Waals surface area (Å²) in [5, 5.41) is 19.4. The quantitative estimate of drug-likeness (QED) is 0.290. The number of ether oxygens (including phenoxy) is 1. The Morgan fingerprint density at radius 2 is 2.37 bits per heavy atom. The number of imidazole rings is 1. The van der Waals surface area contributed by atoms with Crippen LogP contribution in [0.3, 0.4) is 0 Å². The van der Waals surface area contributed by atoms with Crippen molar-refractivity contribution in [2.24, 2.45) is 0 Å². The third-order valence-electron chi connectivity index (χ3n) is 4.20. The smallest absolute Gasteiger partial charge is 0.385 e. The monoisotopic (exact) mass is 455 g/mol. The van der Waals surface area contributed by atoms with Gasteiger partial charge in [0.1, 0.15) is 31.7 Å². The fourth-order valence-electron chi connectivity index (χ4n) is 2.99. The number of aliphatic hydroxyl groups excluding tert-OH is 1. The second-order valence-corrected chi connectivity index (χ2v) is 8.40. The number of hydrogen-bond acceptors (Lipinski definition) is 10. The third kappa shape index (κ3) is 3.32. The van der Waals surface area contributed by atoms with Gasteiger partial charge in [-0.1, -0.05) is 0 Å². The summed E-state index contributed by atoms with van der Waals surface area (Å²) in [6, 6.07) is 1.95. The molecule has 4 rings (SSSR count). The number of halogens is 1. The van der Waals surface area contributed by atoms with Crippen molar-refractivity contribution in [1.29, 1.82) is 5.26 Å². The Hall–Kier alpha value is -1.39. The molecule has 0 spiro atoms. The Morgan fingerprint density at radius 3 is 3.15 bits per heavy atom. The van der Waals surface area contributed by atoms with Crippen LogP contribution in [-0.4, -0.2) is 63.7 Å². The minimum absolute atomic E-state index is 0.0758. The number of nitrogens with zero attached hydrogens (tertiary/aromatic N) is 5. The lowest BCUT2D eigenvalue weighted by atomic mass is 10.1.